The zero-order valence-electron chi connectivity index (χ0n) is 22.1. The number of aromatic hydroxyl groups is 1. The van der Waals surface area contributed by atoms with Crippen LogP contribution >= 0.6 is 0 Å². The van der Waals surface area contributed by atoms with Gasteiger partial charge >= 0.3 is 0 Å². The minimum atomic E-state index is 0.0884. The van der Waals surface area contributed by atoms with Crippen LogP contribution in [0.3, 0.4) is 0 Å². The maximum atomic E-state index is 10.9. The average Bonchev–Trinajstić information content (AvgIpc) is 3.29. The van der Waals surface area contributed by atoms with E-state index in [1.165, 1.54) is 30.4 Å². The summed E-state index contributed by atoms with van der Waals surface area (Å²) in [5, 5.41) is 11.7. The summed E-state index contributed by atoms with van der Waals surface area (Å²) in [6, 6.07) is 34.9. The van der Waals surface area contributed by atoms with Gasteiger partial charge in [0.15, 0.2) is 5.88 Å². The molecule has 5 heteroatoms. The number of nitrogens with one attached hydrogen (secondary N) is 1. The molecule has 0 spiro atoms. The zero-order chi connectivity index (χ0) is 26.6. The SMILES string of the molecule is Nc1ccc2[nH]c(O)c(C(=Nc3ccc(CN4CCC(Cc5ccccc5)CC4)cc3)c3ccccc3)c2c1. The average molecular weight is 515 g/mol. The number of anilines is 1. The molecule has 5 nitrogen and oxygen atoms in total. The molecule has 0 amide bonds. The Balaban J connectivity index is 1.19. The molecule has 0 unspecified atom stereocenters. The Kier molecular flexibility index (Phi) is 7.15. The highest BCUT2D eigenvalue weighted by molar-refractivity contribution is 6.22. The Morgan fingerprint density at radius 3 is 2.26 bits per heavy atom. The number of nitrogens with two attached hydrogens (primary N) is 1. The number of hydrogen-bond donors (Lipinski definition) is 3. The summed E-state index contributed by atoms with van der Waals surface area (Å²) in [4.78, 5) is 10.7. The highest BCUT2D eigenvalue weighted by Gasteiger charge is 2.20. The number of rotatable bonds is 7. The van der Waals surface area contributed by atoms with Gasteiger partial charge < -0.3 is 15.8 Å². The fourth-order valence-electron chi connectivity index (χ4n) is 5.66. The first-order valence-electron chi connectivity index (χ1n) is 13.7. The number of benzene rings is 4. The van der Waals surface area contributed by atoms with E-state index in [9.17, 15) is 5.11 Å². The second-order valence-electron chi connectivity index (χ2n) is 10.6. The number of nitrogen functional groups attached to an aromatic ring is 1. The topological polar surface area (TPSA) is 77.6 Å². The number of aliphatic imine (C=N–C) groups is 1. The van der Waals surface area contributed by atoms with Gasteiger partial charge in [0, 0.05) is 28.7 Å². The van der Waals surface area contributed by atoms with Crippen molar-refractivity contribution in [2.24, 2.45) is 10.9 Å². The van der Waals surface area contributed by atoms with Gasteiger partial charge in [-0.2, -0.15) is 0 Å². The molecule has 0 saturated carbocycles. The van der Waals surface area contributed by atoms with Crippen LogP contribution in [0.5, 0.6) is 5.88 Å². The third-order valence-corrected chi connectivity index (χ3v) is 7.74. The number of nitrogens with zero attached hydrogens (tertiary/aromatic N) is 2. The zero-order valence-corrected chi connectivity index (χ0v) is 22.1. The van der Waals surface area contributed by atoms with Crippen molar-refractivity contribution < 1.29 is 5.11 Å². The van der Waals surface area contributed by atoms with E-state index in [0.717, 1.165) is 47.7 Å². The summed E-state index contributed by atoms with van der Waals surface area (Å²) in [7, 11) is 0. The summed E-state index contributed by atoms with van der Waals surface area (Å²) < 4.78 is 0. The first kappa shape index (κ1) is 25.0. The molecule has 4 N–H and O–H groups in total. The summed E-state index contributed by atoms with van der Waals surface area (Å²) in [6.45, 7) is 3.23. The molecule has 1 aromatic heterocycles. The van der Waals surface area contributed by atoms with E-state index in [0.29, 0.717) is 17.0 Å². The fourth-order valence-corrected chi connectivity index (χ4v) is 5.66. The minimum absolute atomic E-state index is 0.0884. The van der Waals surface area contributed by atoms with E-state index in [1.807, 2.05) is 48.5 Å². The van der Waals surface area contributed by atoms with Crippen molar-refractivity contribution in [3.8, 4) is 5.88 Å². The number of aromatic amines is 1. The molecule has 4 aromatic carbocycles. The first-order chi connectivity index (χ1) is 19.1. The van der Waals surface area contributed by atoms with Crippen molar-refractivity contribution in [2.45, 2.75) is 25.8 Å². The molecule has 196 valence electrons. The Bertz CT molecular complexity index is 1560. The van der Waals surface area contributed by atoms with E-state index >= 15 is 0 Å². The molecular formula is C34H34N4O. The van der Waals surface area contributed by atoms with Crippen LogP contribution in [0.25, 0.3) is 10.9 Å². The predicted octanol–water partition coefficient (Wildman–Crippen LogP) is 7.08. The van der Waals surface area contributed by atoms with Gasteiger partial charge in [0.1, 0.15) is 0 Å². The lowest BCUT2D eigenvalue weighted by molar-refractivity contribution is 0.177. The van der Waals surface area contributed by atoms with Crippen LogP contribution in [0.2, 0.25) is 0 Å². The van der Waals surface area contributed by atoms with Gasteiger partial charge in [0.2, 0.25) is 0 Å². The third kappa shape index (κ3) is 5.74. The van der Waals surface area contributed by atoms with E-state index in [-0.39, 0.29) is 5.88 Å². The van der Waals surface area contributed by atoms with Gasteiger partial charge in [0.05, 0.1) is 17.0 Å². The molecule has 1 fully saturated rings. The van der Waals surface area contributed by atoms with Crippen molar-refractivity contribution in [1.82, 2.24) is 9.88 Å². The summed E-state index contributed by atoms with van der Waals surface area (Å²) in [5.74, 6) is 0.860. The smallest absolute Gasteiger partial charge is 0.199 e. The van der Waals surface area contributed by atoms with Crippen LogP contribution in [0, 0.1) is 5.92 Å². The highest BCUT2D eigenvalue weighted by Crippen LogP contribution is 2.33. The van der Waals surface area contributed by atoms with Gasteiger partial charge in [0.25, 0.3) is 0 Å². The van der Waals surface area contributed by atoms with Crippen molar-refractivity contribution >= 4 is 28.0 Å². The van der Waals surface area contributed by atoms with Gasteiger partial charge in [-0.15, -0.1) is 0 Å². The van der Waals surface area contributed by atoms with E-state index in [4.69, 9.17) is 10.7 Å². The normalized spacial score (nSPS) is 15.1. The second kappa shape index (κ2) is 11.2. The number of hydrogen-bond acceptors (Lipinski definition) is 4. The number of likely N-dealkylation sites (tertiary alicyclic amines) is 1. The molecule has 1 aliphatic rings. The molecule has 6 rings (SSSR count). The van der Waals surface area contributed by atoms with Crippen molar-refractivity contribution in [2.75, 3.05) is 18.8 Å². The molecule has 1 saturated heterocycles. The molecule has 1 aliphatic heterocycles. The number of H-pyrrole nitrogens is 1. The number of fused-ring (bicyclic) bond motifs is 1. The molecular weight excluding hydrogens is 480 g/mol. The van der Waals surface area contributed by atoms with Crippen LogP contribution in [-0.2, 0) is 13.0 Å². The molecule has 0 radical (unpaired) electrons. The first-order valence-corrected chi connectivity index (χ1v) is 13.7. The molecule has 39 heavy (non-hydrogen) atoms. The Hall–Kier alpha value is -4.35. The standard InChI is InChI=1S/C34H34N4O/c35-28-13-16-31-30(22-28)32(34(39)37-31)33(27-9-5-2-6-10-27)36-29-14-11-26(12-15-29)23-38-19-17-25(18-20-38)21-24-7-3-1-4-8-24/h1-16,22,25,37,39H,17-21,23,35H2. The van der Waals surface area contributed by atoms with Crippen molar-refractivity contribution in [1.29, 1.82) is 0 Å². The molecule has 0 bridgehead atoms. The lowest BCUT2D eigenvalue weighted by atomic mass is 9.90. The Labute approximate surface area is 229 Å². The Morgan fingerprint density at radius 2 is 1.54 bits per heavy atom. The van der Waals surface area contributed by atoms with E-state index in [2.05, 4.69) is 64.5 Å². The van der Waals surface area contributed by atoms with Crippen LogP contribution in [-0.4, -0.2) is 33.8 Å². The van der Waals surface area contributed by atoms with Crippen LogP contribution < -0.4 is 5.73 Å². The lowest BCUT2D eigenvalue weighted by Gasteiger charge is -2.32. The van der Waals surface area contributed by atoms with Gasteiger partial charge in [-0.05, 0) is 79.7 Å². The van der Waals surface area contributed by atoms with Gasteiger partial charge in [-0.25, -0.2) is 4.99 Å². The monoisotopic (exact) mass is 514 g/mol. The van der Waals surface area contributed by atoms with Crippen LogP contribution in [0.1, 0.15) is 35.1 Å². The largest absolute Gasteiger partial charge is 0.494 e. The second-order valence-corrected chi connectivity index (χ2v) is 10.6. The predicted molar refractivity (Wildman–Crippen MR) is 161 cm³/mol. The molecule has 5 aromatic rings. The van der Waals surface area contributed by atoms with Crippen LogP contribution in [0.15, 0.2) is 108 Å². The lowest BCUT2D eigenvalue weighted by Crippen LogP contribution is -2.33. The van der Waals surface area contributed by atoms with Crippen molar-refractivity contribution in [3.63, 3.8) is 0 Å². The summed E-state index contributed by atoms with van der Waals surface area (Å²) >= 11 is 0. The number of piperidine rings is 1. The van der Waals surface area contributed by atoms with Gasteiger partial charge in [-0.3, -0.25) is 4.90 Å². The maximum Gasteiger partial charge on any atom is 0.199 e. The van der Waals surface area contributed by atoms with E-state index < -0.39 is 0 Å². The molecule has 2 heterocycles. The quantitative estimate of drug-likeness (QED) is 0.160. The molecule has 0 aliphatic carbocycles. The minimum Gasteiger partial charge on any atom is -0.494 e. The molecule has 0 atom stereocenters. The maximum absolute atomic E-state index is 10.9. The highest BCUT2D eigenvalue weighted by atomic mass is 16.3. The third-order valence-electron chi connectivity index (χ3n) is 7.74. The fraction of sp³-hybridized carbons (Fsp3) is 0.206. The summed E-state index contributed by atoms with van der Waals surface area (Å²) in [5.41, 5.74) is 13.4. The van der Waals surface area contributed by atoms with E-state index in [1.54, 1.807) is 0 Å². The summed E-state index contributed by atoms with van der Waals surface area (Å²) in [6.07, 6.45) is 3.68. The number of aromatic nitrogens is 1. The van der Waals surface area contributed by atoms with Gasteiger partial charge in [-0.1, -0.05) is 72.8 Å². The van der Waals surface area contributed by atoms with Crippen LogP contribution in [0.4, 0.5) is 11.4 Å². The Morgan fingerprint density at radius 1 is 0.846 bits per heavy atom. The van der Waals surface area contributed by atoms with Crippen molar-refractivity contribution in [3.05, 3.63) is 125 Å².